The van der Waals surface area contributed by atoms with Crippen LogP contribution in [0.5, 0.6) is 0 Å². The van der Waals surface area contributed by atoms with E-state index in [4.69, 9.17) is 16.3 Å². The Labute approximate surface area is 126 Å². The molecule has 1 aliphatic carbocycles. The first kappa shape index (κ1) is 14.4. The zero-order chi connectivity index (χ0) is 14.3. The Morgan fingerprint density at radius 3 is 2.85 bits per heavy atom. The van der Waals surface area contributed by atoms with Crippen molar-refractivity contribution in [3.05, 3.63) is 17.0 Å². The summed E-state index contributed by atoms with van der Waals surface area (Å²) in [7, 11) is 0. The maximum atomic E-state index is 12.0. The van der Waals surface area contributed by atoms with Crippen molar-refractivity contribution in [1.29, 1.82) is 0 Å². The average Bonchev–Trinajstić information content (AvgIpc) is 3.20. The molecular weight excluding hydrogens is 298 g/mol. The average molecular weight is 316 g/mol. The second-order valence-corrected chi connectivity index (χ2v) is 7.47. The first-order valence-electron chi connectivity index (χ1n) is 6.76. The molecule has 0 bridgehead atoms. The Bertz CT molecular complexity index is 510. The van der Waals surface area contributed by atoms with Crippen LogP contribution in [0.2, 0.25) is 5.28 Å². The second kappa shape index (κ2) is 5.33. The van der Waals surface area contributed by atoms with E-state index in [1.807, 2.05) is 6.07 Å². The monoisotopic (exact) mass is 315 g/mol. The van der Waals surface area contributed by atoms with Gasteiger partial charge in [0.05, 0.1) is 25.5 Å². The number of halogens is 1. The number of hydrogen-bond donors (Lipinski definition) is 0. The van der Waals surface area contributed by atoms with Crippen LogP contribution < -0.4 is 4.90 Å². The normalized spacial score (nSPS) is 26.4. The van der Waals surface area contributed by atoms with Gasteiger partial charge in [-0.05, 0) is 29.7 Å². The summed E-state index contributed by atoms with van der Waals surface area (Å²) in [5, 5.41) is 0.230. The second-order valence-electron chi connectivity index (χ2n) is 5.45. The van der Waals surface area contributed by atoms with Crippen molar-refractivity contribution < 1.29 is 9.29 Å². The number of nitrogens with zero attached hydrogens (tertiary/aromatic N) is 3. The number of aromatic nitrogens is 2. The molecule has 0 amide bonds. The molecule has 1 saturated heterocycles. The highest BCUT2D eigenvalue weighted by molar-refractivity contribution is 7.91. The van der Waals surface area contributed by atoms with Crippen molar-refractivity contribution in [3.63, 3.8) is 0 Å². The van der Waals surface area contributed by atoms with Gasteiger partial charge in [-0.2, -0.15) is 0 Å². The van der Waals surface area contributed by atoms with Crippen LogP contribution >= 0.6 is 11.6 Å². The van der Waals surface area contributed by atoms with Gasteiger partial charge in [-0.25, -0.2) is 9.97 Å². The fourth-order valence-electron chi connectivity index (χ4n) is 2.66. The Morgan fingerprint density at radius 2 is 2.25 bits per heavy atom. The van der Waals surface area contributed by atoms with Crippen LogP contribution in [0.1, 0.15) is 25.5 Å². The van der Waals surface area contributed by atoms with Crippen LogP contribution in [0.4, 0.5) is 5.82 Å². The number of rotatable bonds is 3. The van der Waals surface area contributed by atoms with Gasteiger partial charge in [0.2, 0.25) is 5.28 Å². The fraction of sp³-hybridized carbons (Fsp3) is 0.692. The summed E-state index contributed by atoms with van der Waals surface area (Å²) in [5.41, 5.74) is 0.812. The molecule has 110 valence electrons. The molecule has 2 aliphatic rings. The van der Waals surface area contributed by atoms with Crippen molar-refractivity contribution in [2.75, 3.05) is 30.9 Å². The van der Waals surface area contributed by atoms with E-state index < -0.39 is 11.2 Å². The lowest BCUT2D eigenvalue weighted by Gasteiger charge is -2.34. The maximum absolute atomic E-state index is 12.0. The molecule has 0 N–H and O–H groups in total. The predicted molar refractivity (Wildman–Crippen MR) is 79.6 cm³/mol. The van der Waals surface area contributed by atoms with Gasteiger partial charge in [-0.1, -0.05) is 0 Å². The lowest BCUT2D eigenvalue weighted by atomic mass is 10.2. The third-order valence-corrected chi connectivity index (χ3v) is 5.96. The third-order valence-electron chi connectivity index (χ3n) is 4.07. The van der Waals surface area contributed by atoms with Gasteiger partial charge in [-0.3, -0.25) is 0 Å². The van der Waals surface area contributed by atoms with Crippen molar-refractivity contribution in [1.82, 2.24) is 9.97 Å². The zero-order valence-corrected chi connectivity index (χ0v) is 13.2. The topological polar surface area (TPSA) is 61.3 Å². The van der Waals surface area contributed by atoms with Crippen molar-refractivity contribution >= 4 is 28.6 Å². The van der Waals surface area contributed by atoms with Crippen molar-refractivity contribution in [2.45, 2.75) is 30.6 Å². The molecule has 0 radical (unpaired) electrons. The van der Waals surface area contributed by atoms with Gasteiger partial charge in [0.15, 0.2) is 4.75 Å². The first-order valence-corrected chi connectivity index (χ1v) is 8.69. The van der Waals surface area contributed by atoms with Crippen LogP contribution in [-0.4, -0.2) is 46.6 Å². The Morgan fingerprint density at radius 1 is 1.50 bits per heavy atom. The highest BCUT2D eigenvalue weighted by Gasteiger charge is 2.55. The molecule has 1 aromatic rings. The lowest BCUT2D eigenvalue weighted by molar-refractivity contribution is 0.0985. The zero-order valence-electron chi connectivity index (χ0n) is 11.6. The van der Waals surface area contributed by atoms with Crippen LogP contribution in [0.3, 0.4) is 0 Å². The predicted octanol–water partition coefficient (Wildman–Crippen LogP) is 1.72. The summed E-state index contributed by atoms with van der Waals surface area (Å²) >= 11 is 5.14. The minimum atomic E-state index is -0.938. The molecule has 2 fully saturated rings. The molecule has 20 heavy (non-hydrogen) atoms. The van der Waals surface area contributed by atoms with E-state index in [2.05, 4.69) is 21.8 Å². The lowest BCUT2D eigenvalue weighted by Crippen LogP contribution is -2.44. The van der Waals surface area contributed by atoms with Gasteiger partial charge in [-0.15, -0.1) is 0 Å². The summed E-state index contributed by atoms with van der Waals surface area (Å²) in [5.74, 6) is 0.813. The van der Waals surface area contributed by atoms with Crippen LogP contribution in [0, 0.1) is 0 Å². The van der Waals surface area contributed by atoms with Gasteiger partial charge in [0, 0.05) is 25.5 Å². The molecule has 3 rings (SSSR count). The summed E-state index contributed by atoms with van der Waals surface area (Å²) < 4.78 is 17.1. The maximum Gasteiger partial charge on any atom is 0.224 e. The summed E-state index contributed by atoms with van der Waals surface area (Å²) in [6, 6.07) is 2.20. The van der Waals surface area contributed by atoms with Crippen LogP contribution in [0.15, 0.2) is 6.07 Å². The summed E-state index contributed by atoms with van der Waals surface area (Å²) in [4.78, 5) is 10.8. The minimum Gasteiger partial charge on any atom is -0.616 e. The quantitative estimate of drug-likeness (QED) is 0.628. The molecule has 0 aromatic carbocycles. The third kappa shape index (κ3) is 2.50. The molecule has 1 aliphatic heterocycles. The standard InChI is InChI=1S/C13H18ClN3O2S/c1-9-8-19-6-5-17(9)11-7-10(15-12(14)16-11)13(3-4-13)20(2)18/h7,9H,3-6,8H2,1-2H3/t9-,20+/m1/s1. The highest BCUT2D eigenvalue weighted by Crippen LogP contribution is 2.52. The smallest absolute Gasteiger partial charge is 0.224 e. The number of anilines is 1. The molecule has 1 saturated carbocycles. The molecule has 2 atom stereocenters. The highest BCUT2D eigenvalue weighted by atomic mass is 35.5. The van der Waals surface area contributed by atoms with Crippen molar-refractivity contribution in [2.24, 2.45) is 0 Å². The Hall–Kier alpha value is -0.560. The SMILES string of the molecule is C[C@@H]1COCCN1c1cc(C2([S@+](C)[O-])CC2)nc(Cl)n1. The Balaban J connectivity index is 1.95. The minimum absolute atomic E-state index is 0.230. The van der Waals surface area contributed by atoms with E-state index in [9.17, 15) is 4.55 Å². The molecule has 7 heteroatoms. The van der Waals surface area contributed by atoms with Gasteiger partial charge in [0.1, 0.15) is 11.5 Å². The van der Waals surface area contributed by atoms with E-state index >= 15 is 0 Å². The van der Waals surface area contributed by atoms with Gasteiger partial charge >= 0.3 is 0 Å². The number of hydrogen-bond acceptors (Lipinski definition) is 5. The first-order chi connectivity index (χ1) is 9.53. The van der Waals surface area contributed by atoms with Gasteiger partial charge in [0.25, 0.3) is 0 Å². The molecule has 1 aromatic heterocycles. The van der Waals surface area contributed by atoms with Gasteiger partial charge < -0.3 is 14.2 Å². The van der Waals surface area contributed by atoms with E-state index in [1.54, 1.807) is 6.26 Å². The largest absolute Gasteiger partial charge is 0.616 e. The summed E-state index contributed by atoms with van der Waals surface area (Å²) in [6.07, 6.45) is 3.54. The van der Waals surface area contributed by atoms with Crippen LogP contribution in [-0.2, 0) is 20.7 Å². The molecule has 0 unspecified atom stereocenters. The van der Waals surface area contributed by atoms with E-state index in [1.165, 1.54) is 0 Å². The summed E-state index contributed by atoms with van der Waals surface area (Å²) in [6.45, 7) is 4.25. The van der Waals surface area contributed by atoms with E-state index in [-0.39, 0.29) is 16.1 Å². The molecule has 0 spiro atoms. The number of ether oxygens (including phenoxy) is 1. The molecular formula is C13H18ClN3O2S. The number of morpholine rings is 1. The van der Waals surface area contributed by atoms with Crippen LogP contribution in [0.25, 0.3) is 0 Å². The Kier molecular flexibility index (Phi) is 3.83. The molecule has 5 nitrogen and oxygen atoms in total. The molecule has 2 heterocycles. The van der Waals surface area contributed by atoms with Crippen molar-refractivity contribution in [3.8, 4) is 0 Å². The van der Waals surface area contributed by atoms with E-state index in [0.29, 0.717) is 13.2 Å². The fourth-order valence-corrected chi connectivity index (χ4v) is 3.91. The van der Waals surface area contributed by atoms with E-state index in [0.717, 1.165) is 30.9 Å².